The number of hydrogen-bond donors (Lipinski definition) is 2. The zero-order valence-corrected chi connectivity index (χ0v) is 10.3. The van der Waals surface area contributed by atoms with E-state index in [1.54, 1.807) is 13.0 Å². The maximum Gasteiger partial charge on any atom is 0.451 e. The molecule has 0 saturated carbocycles. The van der Waals surface area contributed by atoms with Gasteiger partial charge in [0.25, 0.3) is 0 Å². The van der Waals surface area contributed by atoms with Crippen LogP contribution in [0.3, 0.4) is 0 Å². The van der Waals surface area contributed by atoms with Gasteiger partial charge in [0.05, 0.1) is 5.69 Å². The van der Waals surface area contributed by atoms with Crippen molar-refractivity contribution in [2.45, 2.75) is 13.1 Å². The first kappa shape index (κ1) is 14.0. The Bertz CT molecular complexity index is 640. The van der Waals surface area contributed by atoms with E-state index in [2.05, 4.69) is 15.3 Å². The smallest absolute Gasteiger partial charge is 0.384 e. The van der Waals surface area contributed by atoms with Crippen LogP contribution in [0, 0.1) is 12.7 Å². The Balaban J connectivity index is 2.36. The molecule has 20 heavy (non-hydrogen) atoms. The molecule has 1 aromatic heterocycles. The number of nitrogen functional groups attached to an aromatic ring is 1. The number of nitrogens with two attached hydrogens (primary N) is 1. The van der Waals surface area contributed by atoms with Gasteiger partial charge in [0, 0.05) is 6.07 Å². The van der Waals surface area contributed by atoms with Gasteiger partial charge >= 0.3 is 6.18 Å². The Hall–Kier alpha value is -2.38. The van der Waals surface area contributed by atoms with Gasteiger partial charge in [-0.2, -0.15) is 13.2 Å². The van der Waals surface area contributed by atoms with E-state index in [1.165, 1.54) is 12.1 Å². The molecule has 0 aliphatic carbocycles. The van der Waals surface area contributed by atoms with Crippen molar-refractivity contribution in [2.75, 3.05) is 11.1 Å². The molecule has 3 N–H and O–H groups in total. The van der Waals surface area contributed by atoms with Crippen LogP contribution in [0.4, 0.5) is 34.9 Å². The lowest BCUT2D eigenvalue weighted by atomic mass is 10.2. The van der Waals surface area contributed by atoms with Crippen LogP contribution < -0.4 is 11.1 Å². The molecule has 0 saturated heterocycles. The average Bonchev–Trinajstić information content (AvgIpc) is 2.31. The molecule has 106 valence electrons. The maximum absolute atomic E-state index is 13.6. The highest BCUT2D eigenvalue weighted by Gasteiger charge is 2.35. The number of alkyl halides is 3. The van der Waals surface area contributed by atoms with Gasteiger partial charge in [-0.25, -0.2) is 14.4 Å². The largest absolute Gasteiger partial charge is 0.451 e. The van der Waals surface area contributed by atoms with Crippen LogP contribution in [-0.2, 0) is 6.18 Å². The number of nitrogens with one attached hydrogen (secondary N) is 1. The van der Waals surface area contributed by atoms with Crippen molar-refractivity contribution in [2.24, 2.45) is 0 Å². The van der Waals surface area contributed by atoms with E-state index in [9.17, 15) is 17.6 Å². The first-order valence-electron chi connectivity index (χ1n) is 5.50. The third kappa shape index (κ3) is 3.14. The van der Waals surface area contributed by atoms with Crippen LogP contribution in [0.1, 0.15) is 11.4 Å². The zero-order chi connectivity index (χ0) is 14.9. The van der Waals surface area contributed by atoms with Gasteiger partial charge < -0.3 is 11.1 Å². The van der Waals surface area contributed by atoms with Crippen LogP contribution in [0.15, 0.2) is 24.3 Å². The summed E-state index contributed by atoms with van der Waals surface area (Å²) in [5, 5.41) is 2.45. The van der Waals surface area contributed by atoms with Crippen LogP contribution >= 0.6 is 0 Å². The van der Waals surface area contributed by atoms with Gasteiger partial charge in [-0.15, -0.1) is 0 Å². The van der Waals surface area contributed by atoms with E-state index in [0.717, 1.165) is 6.07 Å². The van der Waals surface area contributed by atoms with Crippen LogP contribution in [0.5, 0.6) is 0 Å². The highest BCUT2D eigenvalue weighted by atomic mass is 19.4. The highest BCUT2D eigenvalue weighted by Crippen LogP contribution is 2.29. The second-order valence-corrected chi connectivity index (χ2v) is 4.11. The lowest BCUT2D eigenvalue weighted by Gasteiger charge is -2.11. The van der Waals surface area contributed by atoms with Crippen LogP contribution in [0.2, 0.25) is 0 Å². The minimum atomic E-state index is -4.72. The molecule has 0 aliphatic rings. The molecular weight excluding hydrogens is 276 g/mol. The van der Waals surface area contributed by atoms with E-state index < -0.39 is 17.8 Å². The summed E-state index contributed by atoms with van der Waals surface area (Å²) in [5.41, 5.74) is 5.98. The first-order valence-corrected chi connectivity index (χ1v) is 5.50. The average molecular weight is 286 g/mol. The summed E-state index contributed by atoms with van der Waals surface area (Å²) in [6, 6.07) is 5.35. The van der Waals surface area contributed by atoms with E-state index in [4.69, 9.17) is 5.73 Å². The molecule has 0 aliphatic heterocycles. The number of rotatable bonds is 2. The summed E-state index contributed by atoms with van der Waals surface area (Å²) in [5.74, 6) is -2.57. The lowest BCUT2D eigenvalue weighted by molar-refractivity contribution is -0.144. The number of hydrogen-bond acceptors (Lipinski definition) is 4. The molecule has 2 aromatic rings. The molecule has 0 atom stereocenters. The highest BCUT2D eigenvalue weighted by molar-refractivity contribution is 5.59. The summed E-state index contributed by atoms with van der Waals surface area (Å²) < 4.78 is 51.2. The monoisotopic (exact) mass is 286 g/mol. The minimum absolute atomic E-state index is 0.00169. The quantitative estimate of drug-likeness (QED) is 0.832. The number of anilines is 3. The summed E-state index contributed by atoms with van der Waals surface area (Å²) in [6.07, 6.45) is -4.72. The van der Waals surface area contributed by atoms with Gasteiger partial charge in [0.2, 0.25) is 5.82 Å². The zero-order valence-electron chi connectivity index (χ0n) is 10.3. The fraction of sp³-hybridized carbons (Fsp3) is 0.167. The third-order valence-corrected chi connectivity index (χ3v) is 2.39. The Morgan fingerprint density at radius 2 is 1.85 bits per heavy atom. The first-order chi connectivity index (χ1) is 9.25. The molecule has 0 bridgehead atoms. The van der Waals surface area contributed by atoms with Gasteiger partial charge in [0.1, 0.15) is 17.5 Å². The molecule has 0 spiro atoms. The van der Waals surface area contributed by atoms with Crippen molar-refractivity contribution in [3.8, 4) is 0 Å². The van der Waals surface area contributed by atoms with Crippen LogP contribution in [-0.4, -0.2) is 9.97 Å². The summed E-state index contributed by atoms with van der Waals surface area (Å²) >= 11 is 0. The maximum atomic E-state index is 13.6. The lowest BCUT2D eigenvalue weighted by Crippen LogP contribution is -2.13. The summed E-state index contributed by atoms with van der Waals surface area (Å²) in [7, 11) is 0. The predicted octanol–water partition coefficient (Wildman–Crippen LogP) is 3.27. The third-order valence-electron chi connectivity index (χ3n) is 2.39. The second-order valence-electron chi connectivity index (χ2n) is 4.11. The SMILES string of the molecule is Cc1ccc(Nc2cc(N)nc(C(F)(F)F)n2)c(F)c1. The summed E-state index contributed by atoms with van der Waals surface area (Å²) in [4.78, 5) is 6.36. The van der Waals surface area contributed by atoms with E-state index in [-0.39, 0.29) is 17.3 Å². The molecule has 0 unspecified atom stereocenters. The topological polar surface area (TPSA) is 63.8 Å². The fourth-order valence-electron chi connectivity index (χ4n) is 1.52. The Kier molecular flexibility index (Phi) is 3.47. The molecule has 8 heteroatoms. The van der Waals surface area contributed by atoms with E-state index >= 15 is 0 Å². The Labute approximate surface area is 111 Å². The van der Waals surface area contributed by atoms with Crippen LogP contribution in [0.25, 0.3) is 0 Å². The standard InChI is InChI=1S/C12H10F4N4/c1-6-2-3-8(7(13)4-6)18-10-5-9(17)19-11(20-10)12(14,15)16/h2-5H,1H3,(H3,17,18,19,20). The molecule has 1 heterocycles. The molecule has 0 radical (unpaired) electrons. The fourth-order valence-corrected chi connectivity index (χ4v) is 1.52. The molecular formula is C12H10F4N4. The number of aromatic nitrogens is 2. The summed E-state index contributed by atoms with van der Waals surface area (Å²) in [6.45, 7) is 1.69. The van der Waals surface area contributed by atoms with Gasteiger partial charge in [-0.3, -0.25) is 0 Å². The Morgan fingerprint density at radius 1 is 1.15 bits per heavy atom. The number of aryl methyl sites for hydroxylation is 1. The Morgan fingerprint density at radius 3 is 2.45 bits per heavy atom. The predicted molar refractivity (Wildman–Crippen MR) is 65.9 cm³/mol. The molecule has 1 aromatic carbocycles. The van der Waals surface area contributed by atoms with E-state index in [0.29, 0.717) is 5.56 Å². The second kappa shape index (κ2) is 4.95. The number of halogens is 4. The van der Waals surface area contributed by atoms with Crippen molar-refractivity contribution in [1.82, 2.24) is 9.97 Å². The van der Waals surface area contributed by atoms with E-state index in [1.807, 2.05) is 0 Å². The van der Waals surface area contributed by atoms with Crippen molar-refractivity contribution < 1.29 is 17.6 Å². The van der Waals surface area contributed by atoms with Gasteiger partial charge in [-0.05, 0) is 24.6 Å². The molecule has 0 amide bonds. The van der Waals surface area contributed by atoms with Gasteiger partial charge in [0.15, 0.2) is 0 Å². The van der Waals surface area contributed by atoms with Crippen molar-refractivity contribution in [3.05, 3.63) is 41.5 Å². The number of nitrogens with zero attached hydrogens (tertiary/aromatic N) is 2. The van der Waals surface area contributed by atoms with Crippen molar-refractivity contribution in [1.29, 1.82) is 0 Å². The molecule has 0 fully saturated rings. The number of benzene rings is 1. The molecule has 4 nitrogen and oxygen atoms in total. The van der Waals surface area contributed by atoms with Crippen molar-refractivity contribution >= 4 is 17.3 Å². The minimum Gasteiger partial charge on any atom is -0.384 e. The van der Waals surface area contributed by atoms with Crippen molar-refractivity contribution in [3.63, 3.8) is 0 Å². The molecule has 2 rings (SSSR count). The normalized spacial score (nSPS) is 11.4. The van der Waals surface area contributed by atoms with Gasteiger partial charge in [-0.1, -0.05) is 6.07 Å².